The molecule has 1 aliphatic rings. The number of nitrogens with zero attached hydrogens (tertiary/aromatic N) is 1. The fraction of sp³-hybridized carbons (Fsp3) is 0.429. The number of rotatable bonds is 4. The number of hydrogen-bond acceptors (Lipinski definition) is 3. The van der Waals surface area contributed by atoms with Crippen LogP contribution in [-0.4, -0.2) is 28.8 Å². The van der Waals surface area contributed by atoms with Crippen LogP contribution < -0.4 is 5.73 Å². The van der Waals surface area contributed by atoms with Gasteiger partial charge in [-0.25, -0.2) is 8.78 Å². The second kappa shape index (κ2) is 4.94. The summed E-state index contributed by atoms with van der Waals surface area (Å²) in [5, 5.41) is 0. The smallest absolute Gasteiger partial charge is 0.262 e. The molecule has 0 radical (unpaired) electrons. The van der Waals surface area contributed by atoms with Crippen LogP contribution in [0.15, 0.2) is 12.1 Å². The maximum absolute atomic E-state index is 13.3. The van der Waals surface area contributed by atoms with Crippen molar-refractivity contribution in [1.29, 1.82) is 0 Å². The molecule has 0 aliphatic carbocycles. The lowest BCUT2D eigenvalue weighted by molar-refractivity contribution is 0.0413. The van der Waals surface area contributed by atoms with Crippen LogP contribution in [-0.2, 0) is 0 Å². The van der Waals surface area contributed by atoms with Gasteiger partial charge in [-0.1, -0.05) is 13.8 Å². The molecule has 2 N–H and O–H groups in total. The van der Waals surface area contributed by atoms with Gasteiger partial charge in [0.1, 0.15) is 0 Å². The van der Waals surface area contributed by atoms with Crippen LogP contribution in [0.1, 0.15) is 47.4 Å². The predicted octanol–water partition coefficient (Wildman–Crippen LogP) is 2.08. The molecule has 0 saturated carbocycles. The number of nitrogens with two attached hydrogens (primary N) is 1. The van der Waals surface area contributed by atoms with Crippen LogP contribution in [0.3, 0.4) is 0 Å². The lowest BCUT2D eigenvalue weighted by atomic mass is 9.90. The van der Waals surface area contributed by atoms with Gasteiger partial charge >= 0.3 is 0 Å². The molecule has 2 rings (SSSR count). The van der Waals surface area contributed by atoms with Gasteiger partial charge in [-0.15, -0.1) is 0 Å². The molecule has 1 aliphatic heterocycles. The summed E-state index contributed by atoms with van der Waals surface area (Å²) in [6.07, 6.45) is 0.965. The Hall–Kier alpha value is -1.82. The zero-order valence-electron chi connectivity index (χ0n) is 11.4. The molecular formula is C14H16F2N2O2. The molecular weight excluding hydrogens is 266 g/mol. The maximum atomic E-state index is 13.3. The van der Waals surface area contributed by atoms with E-state index in [2.05, 4.69) is 0 Å². The SMILES string of the molecule is CCC(CC)(CN)N1C(=O)c2cc(F)c(F)cc2C1=O. The molecule has 0 bridgehead atoms. The van der Waals surface area contributed by atoms with Gasteiger partial charge < -0.3 is 5.73 Å². The number of imide groups is 1. The first-order valence-corrected chi connectivity index (χ1v) is 6.49. The van der Waals surface area contributed by atoms with Crippen LogP contribution in [0.2, 0.25) is 0 Å². The molecule has 2 amide bonds. The Balaban J connectivity index is 2.57. The van der Waals surface area contributed by atoms with Crippen molar-refractivity contribution >= 4 is 11.8 Å². The third-order valence-electron chi connectivity index (χ3n) is 4.10. The third-order valence-corrected chi connectivity index (χ3v) is 4.10. The lowest BCUT2D eigenvalue weighted by Crippen LogP contribution is -2.55. The summed E-state index contributed by atoms with van der Waals surface area (Å²) in [7, 11) is 0. The van der Waals surface area contributed by atoms with Crippen molar-refractivity contribution in [2.75, 3.05) is 6.54 Å². The third kappa shape index (κ3) is 1.83. The second-order valence-corrected chi connectivity index (χ2v) is 4.89. The fourth-order valence-electron chi connectivity index (χ4n) is 2.61. The quantitative estimate of drug-likeness (QED) is 0.860. The number of carbonyl (C=O) groups excluding carboxylic acids is 2. The Morgan fingerprint density at radius 3 is 1.75 bits per heavy atom. The number of carbonyl (C=O) groups is 2. The summed E-state index contributed by atoms with van der Waals surface area (Å²) in [6.45, 7) is 3.75. The van der Waals surface area contributed by atoms with E-state index >= 15 is 0 Å². The lowest BCUT2D eigenvalue weighted by Gasteiger charge is -2.38. The molecule has 0 atom stereocenters. The molecule has 0 fully saturated rings. The minimum Gasteiger partial charge on any atom is -0.328 e. The number of halogens is 2. The van der Waals surface area contributed by atoms with Gasteiger partial charge in [-0.3, -0.25) is 14.5 Å². The highest BCUT2D eigenvalue weighted by Gasteiger charge is 2.47. The zero-order chi connectivity index (χ0) is 15.1. The first-order chi connectivity index (χ1) is 9.41. The summed E-state index contributed by atoms with van der Waals surface area (Å²) in [5.41, 5.74) is 4.71. The molecule has 108 valence electrons. The fourth-order valence-corrected chi connectivity index (χ4v) is 2.61. The van der Waals surface area contributed by atoms with Crippen molar-refractivity contribution in [3.8, 4) is 0 Å². The highest BCUT2D eigenvalue weighted by molar-refractivity contribution is 6.21. The molecule has 1 aromatic carbocycles. The highest BCUT2D eigenvalue weighted by Crippen LogP contribution is 2.34. The van der Waals surface area contributed by atoms with Crippen molar-refractivity contribution in [3.05, 3.63) is 34.9 Å². The molecule has 0 saturated heterocycles. The topological polar surface area (TPSA) is 63.4 Å². The van der Waals surface area contributed by atoms with E-state index < -0.39 is 29.0 Å². The highest BCUT2D eigenvalue weighted by atomic mass is 19.2. The number of hydrogen-bond donors (Lipinski definition) is 1. The number of amides is 2. The Kier molecular flexibility index (Phi) is 3.60. The van der Waals surface area contributed by atoms with Gasteiger partial charge in [0.05, 0.1) is 16.7 Å². The Morgan fingerprint density at radius 1 is 1.05 bits per heavy atom. The number of fused-ring (bicyclic) bond motifs is 1. The Labute approximate surface area is 115 Å². The molecule has 0 spiro atoms. The van der Waals surface area contributed by atoms with Crippen molar-refractivity contribution in [1.82, 2.24) is 4.90 Å². The molecule has 1 heterocycles. The van der Waals surface area contributed by atoms with E-state index in [9.17, 15) is 18.4 Å². The standard InChI is InChI=1S/C14H16F2N2O2/c1-3-14(4-2,7-17)18-12(19)8-5-10(15)11(16)6-9(8)13(18)20/h5-6H,3-4,7,17H2,1-2H3. The van der Waals surface area contributed by atoms with E-state index in [0.29, 0.717) is 12.8 Å². The van der Waals surface area contributed by atoms with Crippen molar-refractivity contribution in [2.45, 2.75) is 32.2 Å². The summed E-state index contributed by atoms with van der Waals surface area (Å²) in [5.74, 6) is -3.51. The average Bonchev–Trinajstić information content (AvgIpc) is 2.67. The van der Waals surface area contributed by atoms with Crippen molar-refractivity contribution in [2.24, 2.45) is 5.73 Å². The van der Waals surface area contributed by atoms with Gasteiger partial charge in [0.15, 0.2) is 11.6 Å². The first kappa shape index (κ1) is 14.6. The predicted molar refractivity (Wildman–Crippen MR) is 69.2 cm³/mol. The van der Waals surface area contributed by atoms with Crippen LogP contribution in [0.5, 0.6) is 0 Å². The van der Waals surface area contributed by atoms with Crippen LogP contribution in [0.4, 0.5) is 8.78 Å². The van der Waals surface area contributed by atoms with Crippen LogP contribution >= 0.6 is 0 Å². The molecule has 0 unspecified atom stereocenters. The summed E-state index contributed by atoms with van der Waals surface area (Å²) >= 11 is 0. The molecule has 4 nitrogen and oxygen atoms in total. The van der Waals surface area contributed by atoms with Crippen molar-refractivity contribution in [3.63, 3.8) is 0 Å². The monoisotopic (exact) mass is 282 g/mol. The van der Waals surface area contributed by atoms with E-state index in [-0.39, 0.29) is 17.7 Å². The maximum Gasteiger partial charge on any atom is 0.262 e. The molecule has 1 aromatic rings. The zero-order valence-corrected chi connectivity index (χ0v) is 11.4. The normalized spacial score (nSPS) is 14.9. The molecule has 6 heteroatoms. The van der Waals surface area contributed by atoms with Crippen molar-refractivity contribution < 1.29 is 18.4 Å². The Bertz CT molecular complexity index is 534. The molecule has 20 heavy (non-hydrogen) atoms. The summed E-state index contributed by atoms with van der Waals surface area (Å²) in [6, 6.07) is 1.55. The Morgan fingerprint density at radius 2 is 1.45 bits per heavy atom. The van der Waals surface area contributed by atoms with Gasteiger partial charge in [0, 0.05) is 6.54 Å². The van der Waals surface area contributed by atoms with Crippen LogP contribution in [0, 0.1) is 11.6 Å². The van der Waals surface area contributed by atoms with Crippen LogP contribution in [0.25, 0.3) is 0 Å². The van der Waals surface area contributed by atoms with E-state index in [1.165, 1.54) is 0 Å². The van der Waals surface area contributed by atoms with Gasteiger partial charge in [-0.2, -0.15) is 0 Å². The van der Waals surface area contributed by atoms with E-state index in [4.69, 9.17) is 5.73 Å². The summed E-state index contributed by atoms with van der Waals surface area (Å²) < 4.78 is 26.5. The number of benzene rings is 1. The summed E-state index contributed by atoms with van der Waals surface area (Å²) in [4.78, 5) is 25.8. The minimum absolute atomic E-state index is 0.103. The average molecular weight is 282 g/mol. The van der Waals surface area contributed by atoms with E-state index in [0.717, 1.165) is 17.0 Å². The largest absolute Gasteiger partial charge is 0.328 e. The first-order valence-electron chi connectivity index (χ1n) is 6.49. The van der Waals surface area contributed by atoms with Gasteiger partial charge in [0.2, 0.25) is 0 Å². The van der Waals surface area contributed by atoms with Gasteiger partial charge in [0.25, 0.3) is 11.8 Å². The molecule has 0 aromatic heterocycles. The second-order valence-electron chi connectivity index (χ2n) is 4.89. The minimum atomic E-state index is -1.14. The van der Waals surface area contributed by atoms with E-state index in [1.54, 1.807) is 0 Å². The van der Waals surface area contributed by atoms with Gasteiger partial charge in [-0.05, 0) is 25.0 Å². The van der Waals surface area contributed by atoms with E-state index in [1.807, 2.05) is 13.8 Å².